The number of halogens is 6. The molecule has 0 heterocycles. The van der Waals surface area contributed by atoms with E-state index < -0.39 is 36.6 Å². The van der Waals surface area contributed by atoms with E-state index in [9.17, 15) is 48.0 Å². The minimum atomic E-state index is -6.72. The van der Waals surface area contributed by atoms with E-state index in [2.05, 4.69) is 38.7 Å². The summed E-state index contributed by atoms with van der Waals surface area (Å²) in [5, 5.41) is 3.02. The van der Waals surface area contributed by atoms with Gasteiger partial charge < -0.3 is 18.7 Å². The van der Waals surface area contributed by atoms with Crippen LogP contribution in [0.4, 0.5) is 31.1 Å². The number of sulfonamides is 2. The summed E-state index contributed by atoms with van der Waals surface area (Å²) in [7, 11) is -13.4. The molecule has 0 saturated carbocycles. The molecule has 1 rings (SSSR count). The van der Waals surface area contributed by atoms with Gasteiger partial charge in [-0.2, -0.15) is 26.3 Å². The molecule has 0 saturated heterocycles. The molecule has 0 aromatic heterocycles. The summed E-state index contributed by atoms with van der Waals surface area (Å²) in [6, 6.07) is 8.14. The lowest BCUT2D eigenvalue weighted by Crippen LogP contribution is -2.52. The Morgan fingerprint density at radius 3 is 1.70 bits per heavy atom. The van der Waals surface area contributed by atoms with Gasteiger partial charge >= 0.3 is 17.1 Å². The van der Waals surface area contributed by atoms with Crippen molar-refractivity contribution in [3.8, 4) is 0 Å². The third-order valence-corrected chi connectivity index (χ3v) is 8.91. The molecule has 17 heteroatoms. The van der Waals surface area contributed by atoms with Crippen LogP contribution in [0.5, 0.6) is 0 Å². The van der Waals surface area contributed by atoms with Gasteiger partial charge in [0, 0.05) is 0 Å². The number of quaternary nitrogens is 1. The summed E-state index contributed by atoms with van der Waals surface area (Å²) in [5.74, 6) is 0. The third kappa shape index (κ3) is 13.0. The number of nitrogens with zero attached hydrogens (tertiary/aromatic N) is 2. The van der Waals surface area contributed by atoms with Crippen molar-refractivity contribution in [2.75, 3.05) is 32.8 Å². The lowest BCUT2D eigenvalue weighted by molar-refractivity contribution is -0.928. The van der Waals surface area contributed by atoms with Gasteiger partial charge in [-0.15, -0.1) is 0 Å². The van der Waals surface area contributed by atoms with E-state index >= 15 is 0 Å². The maximum atomic E-state index is 12.5. The van der Waals surface area contributed by atoms with Crippen LogP contribution in [0.2, 0.25) is 0 Å². The zero-order valence-electron chi connectivity index (χ0n) is 25.1. The molecule has 0 fully saturated rings. The molecule has 1 N–H and O–H groups in total. The zero-order chi connectivity index (χ0) is 33.9. The zero-order valence-corrected chi connectivity index (χ0v) is 26.7. The number of hydrogen-bond donors (Lipinski definition) is 1. The molecule has 1 aromatic rings. The van der Waals surface area contributed by atoms with Crippen LogP contribution in [0.25, 0.3) is 9.70 Å². The summed E-state index contributed by atoms with van der Waals surface area (Å²) in [4.78, 5) is 12.5. The first-order chi connectivity index (χ1) is 19.4. The Kier molecular flexibility index (Phi) is 15.2. The van der Waals surface area contributed by atoms with Gasteiger partial charge in [-0.3, -0.25) is 0 Å². The van der Waals surface area contributed by atoms with E-state index in [1.54, 1.807) is 0 Å². The predicted octanol–water partition coefficient (Wildman–Crippen LogP) is 6.79. The number of rotatable bonds is 14. The lowest BCUT2D eigenvalue weighted by Gasteiger charge is -2.38. The van der Waals surface area contributed by atoms with Gasteiger partial charge in [0.15, 0.2) is 20.0 Å². The average molecular weight is 670 g/mol. The van der Waals surface area contributed by atoms with Crippen molar-refractivity contribution in [2.24, 2.45) is 0 Å². The highest BCUT2D eigenvalue weighted by molar-refractivity contribution is 8.13. The van der Waals surface area contributed by atoms with Crippen LogP contribution in [0.15, 0.2) is 30.8 Å². The van der Waals surface area contributed by atoms with Gasteiger partial charge in [-0.25, -0.2) is 21.6 Å². The fourth-order valence-corrected chi connectivity index (χ4v) is 5.89. The van der Waals surface area contributed by atoms with Gasteiger partial charge in [-0.05, 0) is 57.2 Å². The molecule has 1 aromatic carbocycles. The first-order valence-electron chi connectivity index (χ1n) is 13.3. The molecule has 0 aliphatic carbocycles. The number of alkyl carbamates (subject to hydrolysis) is 1. The number of hydrogen-bond acceptors (Lipinski definition) is 6. The highest BCUT2D eigenvalue weighted by atomic mass is 32.3. The smallest absolute Gasteiger partial charge is 0.444 e. The molecular formula is C26H41F6N3O6S2. The largest absolute Gasteiger partial charge is 0.480 e. The Labute approximate surface area is 250 Å². The Balaban J connectivity index is 0.000000994. The summed E-state index contributed by atoms with van der Waals surface area (Å²) in [5.41, 5.74) is -9.78. The molecule has 0 bridgehead atoms. The van der Waals surface area contributed by atoms with Crippen LogP contribution >= 0.6 is 0 Å². The number of carbonyl (C=O) groups excluding carboxylic acids is 1. The topological polar surface area (TPSA) is 121 Å². The van der Waals surface area contributed by atoms with Crippen molar-refractivity contribution in [3.05, 3.63) is 46.1 Å². The number of benzene rings is 1. The number of ether oxygens (including phenoxy) is 1. The summed E-state index contributed by atoms with van der Waals surface area (Å²) < 4.78 is 116. The van der Waals surface area contributed by atoms with E-state index in [1.165, 1.54) is 0 Å². The minimum Gasteiger partial charge on any atom is -0.444 e. The van der Waals surface area contributed by atoms with Crippen molar-refractivity contribution in [3.63, 3.8) is 0 Å². The van der Waals surface area contributed by atoms with Crippen LogP contribution in [-0.4, -0.2) is 71.2 Å². The SMILES string of the molecule is C=C(C)c1cccc(C(C)(C)NC(=O)OCC[N+](CCC)(CCC)CCC)c1.O=S(=O)([N-]S(=O)(=O)C(F)(F)F)C(F)(F)F. The van der Waals surface area contributed by atoms with Crippen LogP contribution in [0.3, 0.4) is 0 Å². The van der Waals surface area contributed by atoms with Crippen LogP contribution in [0, 0.1) is 0 Å². The van der Waals surface area contributed by atoms with Crippen LogP contribution in [-0.2, 0) is 30.3 Å². The first-order valence-corrected chi connectivity index (χ1v) is 16.2. The minimum absolute atomic E-state index is 0.353. The molecule has 0 spiro atoms. The number of alkyl halides is 6. The van der Waals surface area contributed by atoms with E-state index in [-0.39, 0.29) is 6.09 Å². The van der Waals surface area contributed by atoms with Crippen molar-refractivity contribution in [1.82, 2.24) is 5.32 Å². The standard InChI is InChI=1S/C24H40N2O2.C2F6NO4S2/c1-8-14-26(15-9-2,16-10-3)17-18-28-23(27)25-24(6,7)22-13-11-12-21(19-22)20(4)5;3-1(4,5)14(10,11)9-15(12,13)2(6,7)8/h11-13,19H,4,8-10,14-18H2,1-3,5-7H3;/q;-1/p+1. The Morgan fingerprint density at radius 1 is 0.884 bits per heavy atom. The van der Waals surface area contributed by atoms with Gasteiger partial charge in [0.25, 0.3) is 0 Å². The van der Waals surface area contributed by atoms with Crippen molar-refractivity contribution in [2.45, 2.75) is 77.4 Å². The third-order valence-electron chi connectivity index (χ3n) is 6.17. The quantitative estimate of drug-likeness (QED) is 0.172. The molecule has 250 valence electrons. The molecule has 0 radical (unpaired) electrons. The molecule has 0 unspecified atom stereocenters. The molecule has 0 aliphatic heterocycles. The van der Waals surface area contributed by atoms with Gasteiger partial charge in [0.2, 0.25) is 0 Å². The van der Waals surface area contributed by atoms with E-state index in [1.807, 2.05) is 39.0 Å². The summed E-state index contributed by atoms with van der Waals surface area (Å²) in [6.45, 7) is 21.4. The second-order valence-electron chi connectivity index (χ2n) is 10.4. The number of amides is 1. The maximum Gasteiger partial charge on any atom is 0.480 e. The van der Waals surface area contributed by atoms with Gasteiger partial charge in [0.05, 0.1) is 25.2 Å². The van der Waals surface area contributed by atoms with Crippen molar-refractivity contribution < 1.29 is 57.2 Å². The molecular weight excluding hydrogens is 628 g/mol. The van der Waals surface area contributed by atoms with E-state index in [0.29, 0.717) is 6.61 Å². The second-order valence-corrected chi connectivity index (χ2v) is 13.8. The molecule has 0 atom stereocenters. The van der Waals surface area contributed by atoms with E-state index in [0.717, 1.165) is 70.8 Å². The predicted molar refractivity (Wildman–Crippen MR) is 153 cm³/mol. The summed E-state index contributed by atoms with van der Waals surface area (Å²) >= 11 is 0. The normalized spacial score (nSPS) is 13.1. The number of allylic oxidation sites excluding steroid dienone is 1. The molecule has 1 amide bonds. The van der Waals surface area contributed by atoms with E-state index in [4.69, 9.17) is 4.74 Å². The molecule has 0 aliphatic rings. The fourth-order valence-electron chi connectivity index (χ4n) is 4.18. The Morgan fingerprint density at radius 2 is 1.33 bits per heavy atom. The van der Waals surface area contributed by atoms with Crippen molar-refractivity contribution in [1.29, 1.82) is 0 Å². The number of carbonyl (C=O) groups is 1. The van der Waals surface area contributed by atoms with Crippen LogP contribution < -0.4 is 5.32 Å². The highest BCUT2D eigenvalue weighted by Crippen LogP contribution is 2.36. The second kappa shape index (κ2) is 16.1. The van der Waals surface area contributed by atoms with Crippen LogP contribution in [0.1, 0.15) is 71.9 Å². The fraction of sp³-hybridized carbons (Fsp3) is 0.654. The molecule has 9 nitrogen and oxygen atoms in total. The lowest BCUT2D eigenvalue weighted by atomic mass is 9.92. The Hall–Kier alpha value is -2.37. The maximum absolute atomic E-state index is 12.5. The average Bonchev–Trinajstić information content (AvgIpc) is 2.82. The Bertz CT molecular complexity index is 1220. The monoisotopic (exact) mass is 669 g/mol. The summed E-state index contributed by atoms with van der Waals surface area (Å²) in [6.07, 6.45) is 3.10. The van der Waals surface area contributed by atoms with Crippen molar-refractivity contribution >= 4 is 31.7 Å². The highest BCUT2D eigenvalue weighted by Gasteiger charge is 2.47. The van der Waals surface area contributed by atoms with Gasteiger partial charge in [0.1, 0.15) is 13.2 Å². The van der Waals surface area contributed by atoms with Gasteiger partial charge in [-0.1, -0.05) is 51.1 Å². The number of nitrogens with one attached hydrogen (secondary N) is 1. The molecule has 43 heavy (non-hydrogen) atoms. The first kappa shape index (κ1) is 40.6.